The summed E-state index contributed by atoms with van der Waals surface area (Å²) < 4.78 is 36.1. The smallest absolute Gasteiger partial charge is 0.168 e. The number of pyridine rings is 1. The normalized spacial score (nSPS) is 23.5. The second kappa shape index (κ2) is 8.01. The lowest BCUT2D eigenvalue weighted by atomic mass is 9.80. The van der Waals surface area contributed by atoms with Crippen molar-refractivity contribution < 1.29 is 18.6 Å². The molecule has 1 aliphatic carbocycles. The van der Waals surface area contributed by atoms with Gasteiger partial charge in [-0.25, -0.2) is 23.3 Å². The van der Waals surface area contributed by atoms with Crippen LogP contribution in [0.1, 0.15) is 37.3 Å². The van der Waals surface area contributed by atoms with Gasteiger partial charge in [0.25, 0.3) is 0 Å². The molecular formula is C21H24F2N6O2. The van der Waals surface area contributed by atoms with Crippen LogP contribution in [0.2, 0.25) is 0 Å². The molecule has 1 unspecified atom stereocenters. The second-order valence-electron chi connectivity index (χ2n) is 8.17. The predicted molar refractivity (Wildman–Crippen MR) is 110 cm³/mol. The Kier molecular flexibility index (Phi) is 5.19. The van der Waals surface area contributed by atoms with Crippen LogP contribution < -0.4 is 15.4 Å². The molecule has 1 atom stereocenters. The van der Waals surface area contributed by atoms with Crippen LogP contribution in [0.15, 0.2) is 18.3 Å². The summed E-state index contributed by atoms with van der Waals surface area (Å²) >= 11 is 0. The molecule has 2 aliphatic rings. The molecule has 1 aliphatic heterocycles. The van der Waals surface area contributed by atoms with Crippen molar-refractivity contribution in [1.82, 2.24) is 24.9 Å². The number of hydrogen-bond acceptors (Lipinski definition) is 7. The summed E-state index contributed by atoms with van der Waals surface area (Å²) in [5.74, 6) is -0.895. The minimum atomic E-state index is -0.787. The van der Waals surface area contributed by atoms with E-state index < -0.39 is 11.6 Å². The van der Waals surface area contributed by atoms with Crippen LogP contribution in [0, 0.1) is 11.6 Å². The number of aromatic nitrogens is 4. The van der Waals surface area contributed by atoms with Crippen molar-refractivity contribution in [3.05, 3.63) is 35.7 Å². The number of halogens is 2. The van der Waals surface area contributed by atoms with Crippen LogP contribution >= 0.6 is 0 Å². The minimum absolute atomic E-state index is 0.0101. The van der Waals surface area contributed by atoms with Gasteiger partial charge in [-0.05, 0) is 32.2 Å². The molecule has 31 heavy (non-hydrogen) atoms. The van der Waals surface area contributed by atoms with Crippen molar-refractivity contribution in [2.45, 2.75) is 43.7 Å². The molecule has 0 spiro atoms. The van der Waals surface area contributed by atoms with Crippen molar-refractivity contribution in [1.29, 1.82) is 0 Å². The first-order chi connectivity index (χ1) is 15.0. The average Bonchev–Trinajstić information content (AvgIpc) is 3.16. The molecule has 0 bridgehead atoms. The fourth-order valence-corrected chi connectivity index (χ4v) is 4.25. The monoisotopic (exact) mass is 430 g/mol. The number of nitrogens with one attached hydrogen (secondary N) is 2. The van der Waals surface area contributed by atoms with Crippen LogP contribution in [0.25, 0.3) is 17.0 Å². The van der Waals surface area contributed by atoms with Crippen LogP contribution in [0.4, 0.5) is 14.6 Å². The van der Waals surface area contributed by atoms with Gasteiger partial charge in [-0.15, -0.1) is 0 Å². The van der Waals surface area contributed by atoms with Gasteiger partial charge in [0.05, 0.1) is 19.4 Å². The molecule has 164 valence electrons. The number of methoxy groups -OCH3 is 1. The van der Waals surface area contributed by atoms with E-state index in [1.165, 1.54) is 10.7 Å². The third-order valence-electron chi connectivity index (χ3n) is 6.01. The molecule has 3 aromatic heterocycles. The van der Waals surface area contributed by atoms with Gasteiger partial charge in [-0.1, -0.05) is 0 Å². The molecule has 5 rings (SSSR count). The standard InChI is InChI=1S/C21H24F2N6O2/c1-31-17-8-18-25-10-16(29(18)28-19(17)11-5-13(30)6-11)20-14(22)7-15(23)21(27-20)26-12-3-2-4-24-9-12/h7-8,10-13,24,30H,2-6,9H2,1H3,(H,26,27). The minimum Gasteiger partial charge on any atom is -0.495 e. The van der Waals surface area contributed by atoms with Gasteiger partial charge >= 0.3 is 0 Å². The summed E-state index contributed by atoms with van der Waals surface area (Å²) in [6, 6.07) is 2.59. The van der Waals surface area contributed by atoms with E-state index >= 15 is 0 Å². The Hall–Kier alpha value is -2.85. The Bertz CT molecular complexity index is 1110. The number of aliphatic hydroxyl groups excluding tert-OH is 1. The maximum absolute atomic E-state index is 14.8. The zero-order chi connectivity index (χ0) is 21.5. The van der Waals surface area contributed by atoms with Crippen molar-refractivity contribution >= 4 is 11.5 Å². The summed E-state index contributed by atoms with van der Waals surface area (Å²) in [6.45, 7) is 1.63. The fraction of sp³-hybridized carbons (Fsp3) is 0.476. The molecule has 2 fully saturated rings. The Balaban J connectivity index is 1.55. The number of aliphatic hydroxyl groups is 1. The van der Waals surface area contributed by atoms with E-state index in [0.717, 1.165) is 25.5 Å². The Morgan fingerprint density at radius 2 is 2.10 bits per heavy atom. The first-order valence-corrected chi connectivity index (χ1v) is 10.5. The van der Waals surface area contributed by atoms with Crippen LogP contribution in [-0.2, 0) is 0 Å². The van der Waals surface area contributed by atoms with E-state index in [9.17, 15) is 13.9 Å². The quantitative estimate of drug-likeness (QED) is 0.572. The highest BCUT2D eigenvalue weighted by Gasteiger charge is 2.33. The second-order valence-corrected chi connectivity index (χ2v) is 8.17. The van der Waals surface area contributed by atoms with Gasteiger partial charge in [0.1, 0.15) is 22.8 Å². The zero-order valence-corrected chi connectivity index (χ0v) is 17.1. The van der Waals surface area contributed by atoms with E-state index in [1.54, 1.807) is 13.2 Å². The molecular weight excluding hydrogens is 406 g/mol. The van der Waals surface area contributed by atoms with E-state index in [2.05, 4.69) is 25.7 Å². The van der Waals surface area contributed by atoms with E-state index in [1.807, 2.05) is 0 Å². The summed E-state index contributed by atoms with van der Waals surface area (Å²) in [6.07, 6.45) is 4.15. The van der Waals surface area contributed by atoms with Crippen molar-refractivity contribution in [2.24, 2.45) is 0 Å². The molecule has 1 saturated heterocycles. The Morgan fingerprint density at radius 3 is 2.81 bits per heavy atom. The first kappa shape index (κ1) is 20.1. The SMILES string of the molecule is COc1cc2ncc(-c3nc(NC4CCCNC4)c(F)cc3F)n2nc1C1CC(O)C1. The number of hydrogen-bond donors (Lipinski definition) is 3. The van der Waals surface area contributed by atoms with Crippen molar-refractivity contribution in [3.63, 3.8) is 0 Å². The van der Waals surface area contributed by atoms with E-state index in [-0.39, 0.29) is 29.6 Å². The number of nitrogens with zero attached hydrogens (tertiary/aromatic N) is 4. The third-order valence-corrected chi connectivity index (χ3v) is 6.01. The van der Waals surface area contributed by atoms with Crippen LogP contribution in [0.5, 0.6) is 5.75 Å². The Labute approximate surface area is 177 Å². The van der Waals surface area contributed by atoms with Crippen LogP contribution in [-0.4, -0.2) is 57.0 Å². The topological polar surface area (TPSA) is 96.6 Å². The van der Waals surface area contributed by atoms with Crippen molar-refractivity contribution in [2.75, 3.05) is 25.5 Å². The molecule has 0 amide bonds. The van der Waals surface area contributed by atoms with Gasteiger partial charge in [0, 0.05) is 30.6 Å². The maximum atomic E-state index is 14.8. The number of ether oxygens (including phenoxy) is 1. The van der Waals surface area contributed by atoms with Crippen LogP contribution in [0.3, 0.4) is 0 Å². The predicted octanol–water partition coefficient (Wildman–Crippen LogP) is 2.48. The molecule has 8 nitrogen and oxygen atoms in total. The molecule has 10 heteroatoms. The van der Waals surface area contributed by atoms with Crippen molar-refractivity contribution in [3.8, 4) is 17.1 Å². The lowest BCUT2D eigenvalue weighted by Gasteiger charge is -2.31. The first-order valence-electron chi connectivity index (χ1n) is 10.5. The zero-order valence-electron chi connectivity index (χ0n) is 17.1. The summed E-state index contributed by atoms with van der Waals surface area (Å²) in [5.41, 5.74) is 1.43. The third kappa shape index (κ3) is 3.70. The van der Waals surface area contributed by atoms with Gasteiger partial charge in [-0.2, -0.15) is 5.10 Å². The van der Waals surface area contributed by atoms with Gasteiger partial charge in [0.15, 0.2) is 23.1 Å². The highest BCUT2D eigenvalue weighted by molar-refractivity contribution is 5.63. The maximum Gasteiger partial charge on any atom is 0.168 e. The van der Waals surface area contributed by atoms with Gasteiger partial charge < -0.3 is 20.5 Å². The molecule has 1 saturated carbocycles. The fourth-order valence-electron chi connectivity index (χ4n) is 4.25. The largest absolute Gasteiger partial charge is 0.495 e. The summed E-state index contributed by atoms with van der Waals surface area (Å²) in [4.78, 5) is 8.57. The highest BCUT2D eigenvalue weighted by atomic mass is 19.1. The Morgan fingerprint density at radius 1 is 1.26 bits per heavy atom. The molecule has 4 heterocycles. The lowest BCUT2D eigenvalue weighted by Crippen LogP contribution is -2.38. The van der Waals surface area contributed by atoms with Gasteiger partial charge in [0.2, 0.25) is 0 Å². The summed E-state index contributed by atoms with van der Waals surface area (Å²) in [7, 11) is 1.55. The molecule has 3 aromatic rings. The number of anilines is 1. The number of rotatable bonds is 5. The molecule has 3 N–H and O–H groups in total. The number of piperidine rings is 1. The lowest BCUT2D eigenvalue weighted by molar-refractivity contribution is 0.0718. The summed E-state index contributed by atoms with van der Waals surface area (Å²) in [5, 5.41) is 20.7. The average molecular weight is 430 g/mol. The molecule has 0 radical (unpaired) electrons. The van der Waals surface area contributed by atoms with E-state index in [4.69, 9.17) is 4.74 Å². The van der Waals surface area contributed by atoms with Gasteiger partial charge in [-0.3, -0.25) is 0 Å². The highest BCUT2D eigenvalue weighted by Crippen LogP contribution is 2.40. The molecule has 0 aromatic carbocycles. The number of imidazole rings is 1. The number of fused-ring (bicyclic) bond motifs is 1. The van der Waals surface area contributed by atoms with E-state index in [0.29, 0.717) is 42.2 Å².